The number of carbonyl (C=O) groups is 2. The van der Waals surface area contributed by atoms with Gasteiger partial charge in [0.25, 0.3) is 0 Å². The van der Waals surface area contributed by atoms with Gasteiger partial charge in [0.1, 0.15) is 0 Å². The average Bonchev–Trinajstić information content (AvgIpc) is 3.66. The predicted octanol–water partition coefficient (Wildman–Crippen LogP) is 4.38. The minimum Gasteiger partial charge on any atom is -0.392 e. The summed E-state index contributed by atoms with van der Waals surface area (Å²) in [5, 5.41) is 23.0. The van der Waals surface area contributed by atoms with Crippen molar-refractivity contribution in [1.82, 2.24) is 14.9 Å². The molecule has 2 aromatic heterocycles. The molecule has 3 aliphatic rings. The summed E-state index contributed by atoms with van der Waals surface area (Å²) in [4.78, 5) is 38.6. The van der Waals surface area contributed by atoms with Gasteiger partial charge in [0, 0.05) is 29.8 Å². The van der Waals surface area contributed by atoms with Crippen molar-refractivity contribution in [1.29, 1.82) is 0 Å². The van der Waals surface area contributed by atoms with E-state index in [1.54, 1.807) is 31.5 Å². The lowest BCUT2D eigenvalue weighted by Gasteiger charge is -2.36. The number of fused-ring (bicyclic) bond motifs is 5. The average molecular weight is 570 g/mol. The molecule has 214 valence electrons. The lowest BCUT2D eigenvalue weighted by Crippen LogP contribution is -2.40. The van der Waals surface area contributed by atoms with Gasteiger partial charge in [-0.1, -0.05) is 78.9 Å². The Hall–Kier alpha value is -4.72. The third kappa shape index (κ3) is 4.19. The Morgan fingerprint density at radius 2 is 1.47 bits per heavy atom. The number of pyridine rings is 2. The van der Waals surface area contributed by atoms with Gasteiger partial charge in [-0.25, -0.2) is 0 Å². The number of β-amino-alcohol motifs (C(OH)–C–C–N with tert-alkyl or cyclic N) is 1. The Labute approximate surface area is 249 Å². The minimum absolute atomic E-state index is 0.0620. The molecule has 7 rings (SSSR count). The molecule has 2 amide bonds. The molecule has 2 N–H and O–H groups in total. The van der Waals surface area contributed by atoms with Crippen LogP contribution in [0.4, 0.5) is 0 Å². The first kappa shape index (κ1) is 27.1. The van der Waals surface area contributed by atoms with Crippen LogP contribution in [0, 0.1) is 23.7 Å². The molecular weight excluding hydrogens is 538 g/mol. The molecule has 4 aromatic rings. The molecule has 1 saturated heterocycles. The van der Waals surface area contributed by atoms with Crippen LogP contribution in [0.5, 0.6) is 0 Å². The van der Waals surface area contributed by atoms with Crippen LogP contribution in [0.25, 0.3) is 5.57 Å². The Bertz CT molecular complexity index is 1660. The van der Waals surface area contributed by atoms with E-state index in [1.165, 1.54) is 4.90 Å². The number of hydrogen-bond acceptors (Lipinski definition) is 6. The second-order valence-corrected chi connectivity index (χ2v) is 11.5. The zero-order chi connectivity index (χ0) is 29.7. The van der Waals surface area contributed by atoms with Gasteiger partial charge in [0.2, 0.25) is 11.8 Å². The SMILES string of the molecule is CC(O)CN1C(=O)C2C3C=C(C(O)(c4ccccc4)c4ccccn4)C(C3=C(c3ccccc3)c3ccccn3)C2C1=O. The molecule has 2 aromatic carbocycles. The summed E-state index contributed by atoms with van der Waals surface area (Å²) >= 11 is 0. The maximum atomic E-state index is 14.1. The second-order valence-electron chi connectivity index (χ2n) is 11.5. The number of aliphatic hydroxyl groups excluding tert-OH is 1. The first-order valence-corrected chi connectivity index (χ1v) is 14.6. The number of hydrogen-bond donors (Lipinski definition) is 2. The third-order valence-corrected chi connectivity index (χ3v) is 8.99. The highest BCUT2D eigenvalue weighted by Gasteiger charge is 2.66. The largest absolute Gasteiger partial charge is 0.392 e. The molecule has 2 fully saturated rings. The number of aliphatic hydroxyl groups is 2. The predicted molar refractivity (Wildman–Crippen MR) is 161 cm³/mol. The van der Waals surface area contributed by atoms with Gasteiger partial charge < -0.3 is 10.2 Å². The second kappa shape index (κ2) is 10.5. The number of allylic oxidation sites excluding steroid dienone is 2. The molecule has 43 heavy (non-hydrogen) atoms. The van der Waals surface area contributed by atoms with E-state index in [0.29, 0.717) is 16.8 Å². The quantitative estimate of drug-likeness (QED) is 0.253. The van der Waals surface area contributed by atoms with Gasteiger partial charge in [-0.15, -0.1) is 0 Å². The van der Waals surface area contributed by atoms with Crippen molar-refractivity contribution < 1.29 is 19.8 Å². The smallest absolute Gasteiger partial charge is 0.234 e. The molecular formula is C36H31N3O4. The summed E-state index contributed by atoms with van der Waals surface area (Å²) in [5.74, 6) is -3.04. The minimum atomic E-state index is -1.66. The summed E-state index contributed by atoms with van der Waals surface area (Å²) in [5.41, 5.74) is 3.44. The van der Waals surface area contributed by atoms with E-state index in [4.69, 9.17) is 4.98 Å². The number of aromatic nitrogens is 2. The maximum Gasteiger partial charge on any atom is 0.234 e. The zero-order valence-electron chi connectivity index (χ0n) is 23.6. The Morgan fingerprint density at radius 3 is 2.09 bits per heavy atom. The summed E-state index contributed by atoms with van der Waals surface area (Å²) in [6.45, 7) is 1.51. The summed E-state index contributed by atoms with van der Waals surface area (Å²) in [7, 11) is 0. The number of rotatable bonds is 7. The monoisotopic (exact) mass is 569 g/mol. The van der Waals surface area contributed by atoms with E-state index in [-0.39, 0.29) is 18.4 Å². The van der Waals surface area contributed by atoms with Crippen molar-refractivity contribution >= 4 is 17.4 Å². The molecule has 0 spiro atoms. The lowest BCUT2D eigenvalue weighted by atomic mass is 9.71. The lowest BCUT2D eigenvalue weighted by molar-refractivity contribution is -0.141. The fraction of sp³-hybridized carbons (Fsp3) is 0.222. The number of imide groups is 1. The van der Waals surface area contributed by atoms with E-state index in [0.717, 1.165) is 22.4 Å². The van der Waals surface area contributed by atoms with E-state index in [2.05, 4.69) is 4.98 Å². The molecule has 2 aliphatic carbocycles. The van der Waals surface area contributed by atoms with E-state index in [1.807, 2.05) is 91.0 Å². The van der Waals surface area contributed by atoms with Gasteiger partial charge >= 0.3 is 0 Å². The number of carbonyl (C=O) groups excluding carboxylic acids is 2. The highest BCUT2D eigenvalue weighted by molar-refractivity contribution is 6.08. The molecule has 3 heterocycles. The maximum absolute atomic E-state index is 14.1. The summed E-state index contributed by atoms with van der Waals surface area (Å²) in [6.07, 6.45) is 4.52. The third-order valence-electron chi connectivity index (χ3n) is 8.99. The fourth-order valence-electron chi connectivity index (χ4n) is 7.36. The van der Waals surface area contributed by atoms with Gasteiger partial charge in [-0.05, 0) is 53.5 Å². The van der Waals surface area contributed by atoms with Crippen LogP contribution in [-0.4, -0.2) is 49.5 Å². The molecule has 6 atom stereocenters. The van der Waals surface area contributed by atoms with Crippen molar-refractivity contribution in [2.45, 2.75) is 18.6 Å². The summed E-state index contributed by atoms with van der Waals surface area (Å²) in [6, 6.07) is 30.4. The Balaban J connectivity index is 1.51. The molecule has 0 radical (unpaired) electrons. The van der Waals surface area contributed by atoms with Gasteiger partial charge in [-0.3, -0.25) is 24.5 Å². The van der Waals surface area contributed by atoms with Crippen molar-refractivity contribution in [3.8, 4) is 0 Å². The van der Waals surface area contributed by atoms with Crippen LogP contribution in [0.15, 0.2) is 127 Å². The molecule has 1 saturated carbocycles. The Kier molecular flexibility index (Phi) is 6.64. The number of likely N-dealkylation sites (tertiary alicyclic amines) is 1. The van der Waals surface area contributed by atoms with E-state index >= 15 is 0 Å². The van der Waals surface area contributed by atoms with Crippen LogP contribution in [0.1, 0.15) is 29.4 Å². The van der Waals surface area contributed by atoms with Gasteiger partial charge in [-0.2, -0.15) is 0 Å². The highest BCUT2D eigenvalue weighted by atomic mass is 16.3. The standard InChI is InChI=1S/C36H31N3O4/c1-22(40)21-39-34(41)31-25-20-26(36(43,24-14-6-3-7-15-24)28-17-9-11-19-38-28)32(33(31)35(39)42)30(25)29(23-12-4-2-5-13-23)27-16-8-10-18-37-27/h2-20,22,25,31-33,40,43H,21H2,1H3. The van der Waals surface area contributed by atoms with Gasteiger partial charge in [0.15, 0.2) is 5.60 Å². The van der Waals surface area contributed by atoms with Crippen LogP contribution in [0.2, 0.25) is 0 Å². The topological polar surface area (TPSA) is 104 Å². The fourth-order valence-corrected chi connectivity index (χ4v) is 7.36. The van der Waals surface area contributed by atoms with E-state index < -0.39 is 35.4 Å². The van der Waals surface area contributed by atoms with Crippen LogP contribution < -0.4 is 0 Å². The first-order chi connectivity index (χ1) is 20.9. The Morgan fingerprint density at radius 1 is 0.837 bits per heavy atom. The van der Waals surface area contributed by atoms with Crippen LogP contribution >= 0.6 is 0 Å². The zero-order valence-corrected chi connectivity index (χ0v) is 23.6. The van der Waals surface area contributed by atoms with Crippen molar-refractivity contribution in [2.24, 2.45) is 23.7 Å². The van der Waals surface area contributed by atoms with Gasteiger partial charge in [0.05, 0.1) is 35.9 Å². The van der Waals surface area contributed by atoms with Crippen LogP contribution in [-0.2, 0) is 15.2 Å². The molecule has 1 aliphatic heterocycles. The van der Waals surface area contributed by atoms with Crippen molar-refractivity contribution in [3.63, 3.8) is 0 Å². The summed E-state index contributed by atoms with van der Waals surface area (Å²) < 4.78 is 0. The number of benzene rings is 2. The van der Waals surface area contributed by atoms with Crippen molar-refractivity contribution in [3.05, 3.63) is 149 Å². The molecule has 7 nitrogen and oxygen atoms in total. The van der Waals surface area contributed by atoms with Crippen molar-refractivity contribution in [2.75, 3.05) is 6.54 Å². The van der Waals surface area contributed by atoms with E-state index in [9.17, 15) is 19.8 Å². The first-order valence-electron chi connectivity index (χ1n) is 14.6. The van der Waals surface area contributed by atoms with Crippen LogP contribution in [0.3, 0.4) is 0 Å². The molecule has 7 heteroatoms. The normalized spacial score (nSPS) is 25.7. The molecule has 2 bridgehead atoms. The highest BCUT2D eigenvalue weighted by Crippen LogP contribution is 2.64. The molecule has 6 unspecified atom stereocenters. The number of amides is 2. The number of nitrogens with zero attached hydrogens (tertiary/aromatic N) is 3.